The smallest absolute Gasteiger partial charge is 0.138 e. The van der Waals surface area contributed by atoms with Crippen molar-refractivity contribution < 1.29 is 4.74 Å². The highest BCUT2D eigenvalue weighted by molar-refractivity contribution is 6.30. The number of hydrogen-bond donors (Lipinski definition) is 1. The van der Waals surface area contributed by atoms with Crippen LogP contribution in [0.2, 0.25) is 10.0 Å². The van der Waals surface area contributed by atoms with Gasteiger partial charge in [-0.1, -0.05) is 35.3 Å². The Morgan fingerprint density at radius 1 is 0.957 bits per heavy atom. The summed E-state index contributed by atoms with van der Waals surface area (Å²) in [4.78, 5) is 0. The third-order valence-corrected chi connectivity index (χ3v) is 3.69. The molecule has 1 aromatic heterocycles. The first-order valence-corrected chi connectivity index (χ1v) is 7.70. The fourth-order valence-corrected chi connectivity index (χ4v) is 2.35. The molecule has 0 fully saturated rings. The van der Waals surface area contributed by atoms with Gasteiger partial charge in [-0.2, -0.15) is 0 Å². The summed E-state index contributed by atoms with van der Waals surface area (Å²) in [6.07, 6.45) is 3.16. The minimum absolute atomic E-state index is 0.457. The third-order valence-electron chi connectivity index (χ3n) is 3.20. The Hall–Kier alpha value is -2.24. The van der Waals surface area contributed by atoms with Crippen molar-refractivity contribution in [1.29, 1.82) is 0 Å². The molecule has 0 radical (unpaired) electrons. The summed E-state index contributed by atoms with van der Waals surface area (Å²) in [5, 5.41) is 8.84. The van der Waals surface area contributed by atoms with Crippen molar-refractivity contribution in [3.8, 4) is 5.75 Å². The standard InChI is InChI=1S/C16H14Cl2N4O/c17-14-3-1-12(2-4-14)9-23-16-6-5-15(18)7-13(16)8-21-22-10-19-20-11-22/h1-7,10-11,21H,8-9H2. The lowest BCUT2D eigenvalue weighted by atomic mass is 10.2. The van der Waals surface area contributed by atoms with Crippen LogP contribution in [0.1, 0.15) is 11.1 Å². The zero-order chi connectivity index (χ0) is 16.1. The second kappa shape index (κ2) is 7.35. The van der Waals surface area contributed by atoms with Gasteiger partial charge in [0.1, 0.15) is 25.0 Å². The molecule has 0 bridgehead atoms. The summed E-state index contributed by atoms with van der Waals surface area (Å²) >= 11 is 12.0. The van der Waals surface area contributed by atoms with Gasteiger partial charge in [-0.3, -0.25) is 0 Å². The van der Waals surface area contributed by atoms with Gasteiger partial charge in [0, 0.05) is 15.6 Å². The number of aromatic nitrogens is 3. The van der Waals surface area contributed by atoms with Crippen molar-refractivity contribution in [1.82, 2.24) is 14.9 Å². The van der Waals surface area contributed by atoms with E-state index in [4.69, 9.17) is 27.9 Å². The third kappa shape index (κ3) is 4.37. The van der Waals surface area contributed by atoms with Crippen LogP contribution in [0.15, 0.2) is 55.1 Å². The molecule has 1 N–H and O–H groups in total. The van der Waals surface area contributed by atoms with E-state index in [1.807, 2.05) is 36.4 Å². The zero-order valence-corrected chi connectivity index (χ0v) is 13.6. The summed E-state index contributed by atoms with van der Waals surface area (Å²) in [5.74, 6) is 0.768. The van der Waals surface area contributed by atoms with Crippen LogP contribution in [0.25, 0.3) is 0 Å². The van der Waals surface area contributed by atoms with Crippen molar-refractivity contribution in [2.45, 2.75) is 13.2 Å². The van der Waals surface area contributed by atoms with E-state index in [1.165, 1.54) is 0 Å². The Balaban J connectivity index is 1.69. The molecule has 0 amide bonds. The number of benzene rings is 2. The van der Waals surface area contributed by atoms with E-state index in [9.17, 15) is 0 Å². The average Bonchev–Trinajstić information content (AvgIpc) is 3.07. The molecule has 118 valence electrons. The molecule has 1 heterocycles. The predicted octanol–water partition coefficient (Wildman–Crippen LogP) is 3.91. The fourth-order valence-electron chi connectivity index (χ4n) is 2.03. The number of ether oxygens (including phenoxy) is 1. The maximum absolute atomic E-state index is 6.08. The van der Waals surface area contributed by atoms with E-state index < -0.39 is 0 Å². The van der Waals surface area contributed by atoms with Crippen LogP contribution in [-0.2, 0) is 13.2 Å². The zero-order valence-electron chi connectivity index (χ0n) is 12.1. The first kappa shape index (κ1) is 15.6. The highest BCUT2D eigenvalue weighted by atomic mass is 35.5. The van der Waals surface area contributed by atoms with Gasteiger partial charge >= 0.3 is 0 Å². The minimum Gasteiger partial charge on any atom is -0.489 e. The van der Waals surface area contributed by atoms with Gasteiger partial charge in [-0.15, -0.1) is 10.2 Å². The fraction of sp³-hybridized carbons (Fsp3) is 0.125. The van der Waals surface area contributed by atoms with Crippen molar-refractivity contribution in [3.63, 3.8) is 0 Å². The summed E-state index contributed by atoms with van der Waals surface area (Å²) < 4.78 is 7.58. The van der Waals surface area contributed by atoms with Crippen LogP contribution in [0.4, 0.5) is 0 Å². The minimum atomic E-state index is 0.457. The Bertz CT molecular complexity index is 760. The van der Waals surface area contributed by atoms with Gasteiger partial charge in [-0.05, 0) is 35.9 Å². The quantitative estimate of drug-likeness (QED) is 0.733. The molecule has 23 heavy (non-hydrogen) atoms. The highest BCUT2D eigenvalue weighted by Crippen LogP contribution is 2.24. The molecule has 3 aromatic rings. The van der Waals surface area contributed by atoms with E-state index >= 15 is 0 Å². The summed E-state index contributed by atoms with van der Waals surface area (Å²) in [5.41, 5.74) is 5.14. The van der Waals surface area contributed by atoms with Gasteiger partial charge in [0.15, 0.2) is 0 Å². The van der Waals surface area contributed by atoms with E-state index in [0.29, 0.717) is 23.2 Å². The second-order valence-electron chi connectivity index (χ2n) is 4.87. The molecule has 7 heteroatoms. The summed E-state index contributed by atoms with van der Waals surface area (Å²) in [7, 11) is 0. The van der Waals surface area contributed by atoms with Crippen LogP contribution in [-0.4, -0.2) is 14.9 Å². The van der Waals surface area contributed by atoms with Crippen LogP contribution < -0.4 is 10.2 Å². The monoisotopic (exact) mass is 348 g/mol. The number of rotatable bonds is 6. The number of nitrogens with zero attached hydrogens (tertiary/aromatic N) is 3. The van der Waals surface area contributed by atoms with Gasteiger partial charge in [0.25, 0.3) is 0 Å². The second-order valence-corrected chi connectivity index (χ2v) is 5.74. The maximum Gasteiger partial charge on any atom is 0.138 e. The van der Waals surface area contributed by atoms with Crippen molar-refractivity contribution >= 4 is 23.2 Å². The molecule has 0 atom stereocenters. The average molecular weight is 349 g/mol. The Morgan fingerprint density at radius 2 is 1.65 bits per heavy atom. The number of hydrogen-bond acceptors (Lipinski definition) is 4. The SMILES string of the molecule is Clc1ccc(COc2ccc(Cl)cc2CNn2cnnc2)cc1. The largest absolute Gasteiger partial charge is 0.489 e. The molecule has 0 spiro atoms. The maximum atomic E-state index is 6.08. The molecular weight excluding hydrogens is 335 g/mol. The number of nitrogens with one attached hydrogen (secondary N) is 1. The molecule has 0 aliphatic rings. The van der Waals surface area contributed by atoms with E-state index in [0.717, 1.165) is 16.9 Å². The van der Waals surface area contributed by atoms with Gasteiger partial charge in [0.2, 0.25) is 0 Å². The molecular formula is C16H14Cl2N4O. The molecule has 0 saturated carbocycles. The molecule has 3 rings (SSSR count). The Labute approximate surface area is 143 Å². The predicted molar refractivity (Wildman–Crippen MR) is 90.3 cm³/mol. The molecule has 0 unspecified atom stereocenters. The van der Waals surface area contributed by atoms with Crippen molar-refractivity contribution in [2.24, 2.45) is 0 Å². The van der Waals surface area contributed by atoms with Gasteiger partial charge in [-0.25, -0.2) is 4.68 Å². The highest BCUT2D eigenvalue weighted by Gasteiger charge is 2.06. The molecule has 5 nitrogen and oxygen atoms in total. The van der Waals surface area contributed by atoms with E-state index in [1.54, 1.807) is 23.4 Å². The van der Waals surface area contributed by atoms with Crippen molar-refractivity contribution in [3.05, 3.63) is 76.3 Å². The van der Waals surface area contributed by atoms with Crippen LogP contribution in [0.5, 0.6) is 5.75 Å². The summed E-state index contributed by atoms with van der Waals surface area (Å²) in [6.45, 7) is 0.993. The normalized spacial score (nSPS) is 10.5. The van der Waals surface area contributed by atoms with E-state index in [2.05, 4.69) is 15.6 Å². The van der Waals surface area contributed by atoms with Gasteiger partial charge in [0.05, 0.1) is 6.54 Å². The van der Waals surface area contributed by atoms with Crippen LogP contribution >= 0.6 is 23.2 Å². The van der Waals surface area contributed by atoms with Crippen LogP contribution in [0.3, 0.4) is 0 Å². The first-order chi connectivity index (χ1) is 11.2. The lowest BCUT2D eigenvalue weighted by molar-refractivity contribution is 0.303. The molecule has 0 saturated heterocycles. The molecule has 0 aliphatic heterocycles. The van der Waals surface area contributed by atoms with Crippen LogP contribution in [0, 0.1) is 0 Å². The molecule has 2 aromatic carbocycles. The Morgan fingerprint density at radius 3 is 2.39 bits per heavy atom. The van der Waals surface area contributed by atoms with Gasteiger partial charge < -0.3 is 10.2 Å². The van der Waals surface area contributed by atoms with E-state index in [-0.39, 0.29) is 0 Å². The first-order valence-electron chi connectivity index (χ1n) is 6.95. The Kier molecular flexibility index (Phi) is 5.00. The van der Waals surface area contributed by atoms with Crippen molar-refractivity contribution in [2.75, 3.05) is 5.43 Å². The lowest BCUT2D eigenvalue weighted by Crippen LogP contribution is -2.13. The topological polar surface area (TPSA) is 52.0 Å². The lowest BCUT2D eigenvalue weighted by Gasteiger charge is -2.13. The number of halogens is 2. The molecule has 0 aliphatic carbocycles. The summed E-state index contributed by atoms with van der Waals surface area (Å²) in [6, 6.07) is 13.1.